The minimum Gasteiger partial charge on any atom is -0.483 e. The summed E-state index contributed by atoms with van der Waals surface area (Å²) in [5, 5.41) is 31.6. The Morgan fingerprint density at radius 2 is 1.49 bits per heavy atom. The highest BCUT2D eigenvalue weighted by molar-refractivity contribution is 5.97. The molecule has 3 aromatic rings. The summed E-state index contributed by atoms with van der Waals surface area (Å²) < 4.78 is 5.03. The molecule has 1 aromatic heterocycles. The van der Waals surface area contributed by atoms with Crippen molar-refractivity contribution in [3.8, 4) is 11.4 Å². The van der Waals surface area contributed by atoms with Crippen LogP contribution in [-0.2, 0) is 23.9 Å². The minimum absolute atomic E-state index is 0.112. The van der Waals surface area contributed by atoms with Crippen LogP contribution < -0.4 is 10.6 Å². The highest BCUT2D eigenvalue weighted by Gasteiger charge is 2.31. The number of aromatic nitrogens is 2. The first-order chi connectivity index (χ1) is 23.6. The van der Waals surface area contributed by atoms with Gasteiger partial charge in [0.25, 0.3) is 12.4 Å². The van der Waals surface area contributed by atoms with Gasteiger partial charge in [0.05, 0.1) is 19.1 Å². The lowest BCUT2D eigenvalue weighted by molar-refractivity contribution is -0.139. The summed E-state index contributed by atoms with van der Waals surface area (Å²) >= 11 is 0. The number of carbonyl (C=O) groups excluding carboxylic acids is 3. The van der Waals surface area contributed by atoms with Crippen LogP contribution >= 0.6 is 0 Å². The van der Waals surface area contributed by atoms with E-state index in [4.69, 9.17) is 14.6 Å². The van der Waals surface area contributed by atoms with Crippen molar-refractivity contribution in [2.24, 2.45) is 0 Å². The smallest absolute Gasteiger partial charge is 0.409 e. The number of hydrogen-bond donors (Lipinski definition) is 5. The first-order valence-electron chi connectivity index (χ1n) is 15.3. The van der Waals surface area contributed by atoms with Crippen molar-refractivity contribution >= 4 is 42.1 Å². The average molecular weight is 679 g/mol. The van der Waals surface area contributed by atoms with Gasteiger partial charge in [0.15, 0.2) is 5.82 Å². The molecule has 1 aliphatic heterocycles. The molecule has 2 atom stereocenters. The molecule has 0 aliphatic carbocycles. The third-order valence-corrected chi connectivity index (χ3v) is 7.26. The van der Waals surface area contributed by atoms with E-state index in [-0.39, 0.29) is 75.9 Å². The SMILES string of the molecule is CCOC(=O)N1CCN(C(=O)[C@H](CCC(=O)O)NC(=O)c2cc(N[C@H](CC(=O)O)c3ccccc3)nc(-c3ccccc3)n2)CC1.O=CO. The molecule has 4 rings (SSSR count). The van der Waals surface area contributed by atoms with Gasteiger partial charge in [-0.2, -0.15) is 0 Å². The summed E-state index contributed by atoms with van der Waals surface area (Å²) in [5.41, 5.74) is 1.17. The molecule has 2 aromatic carbocycles. The van der Waals surface area contributed by atoms with E-state index in [1.165, 1.54) is 15.9 Å². The van der Waals surface area contributed by atoms with E-state index in [1.807, 2.05) is 12.1 Å². The Labute approximate surface area is 281 Å². The Hall–Kier alpha value is -6.06. The van der Waals surface area contributed by atoms with Crippen molar-refractivity contribution in [2.45, 2.75) is 38.3 Å². The second-order valence-corrected chi connectivity index (χ2v) is 10.6. The van der Waals surface area contributed by atoms with Crippen LogP contribution in [0.1, 0.15) is 48.3 Å². The van der Waals surface area contributed by atoms with E-state index < -0.39 is 41.9 Å². The molecule has 16 heteroatoms. The zero-order valence-electron chi connectivity index (χ0n) is 26.7. The van der Waals surface area contributed by atoms with Crippen molar-refractivity contribution < 1.29 is 48.8 Å². The fraction of sp³-hybridized carbons (Fsp3) is 0.333. The molecule has 0 spiro atoms. The van der Waals surface area contributed by atoms with Gasteiger partial charge in [-0.25, -0.2) is 14.8 Å². The molecule has 1 fully saturated rings. The molecular weight excluding hydrogens is 640 g/mol. The number of rotatable bonds is 13. The lowest BCUT2D eigenvalue weighted by Gasteiger charge is -2.35. The molecular formula is C33H38N6O10. The summed E-state index contributed by atoms with van der Waals surface area (Å²) in [7, 11) is 0. The van der Waals surface area contributed by atoms with Crippen LogP contribution in [0.2, 0.25) is 0 Å². The number of ether oxygens (including phenoxy) is 1. The number of benzene rings is 2. The molecule has 1 aliphatic rings. The number of nitrogens with one attached hydrogen (secondary N) is 2. The van der Waals surface area contributed by atoms with E-state index >= 15 is 0 Å². The van der Waals surface area contributed by atoms with Gasteiger partial charge in [0.2, 0.25) is 5.91 Å². The van der Waals surface area contributed by atoms with Crippen LogP contribution in [0.4, 0.5) is 10.6 Å². The summed E-state index contributed by atoms with van der Waals surface area (Å²) in [6.45, 7) is 2.49. The molecule has 0 unspecified atom stereocenters. The molecule has 2 heterocycles. The van der Waals surface area contributed by atoms with Gasteiger partial charge in [0, 0.05) is 44.2 Å². The Kier molecular flexibility index (Phi) is 14.4. The zero-order valence-corrected chi connectivity index (χ0v) is 26.7. The van der Waals surface area contributed by atoms with Crippen LogP contribution in [0.3, 0.4) is 0 Å². The Balaban J connectivity index is 0.00000209. The molecule has 49 heavy (non-hydrogen) atoms. The van der Waals surface area contributed by atoms with Crippen molar-refractivity contribution in [3.63, 3.8) is 0 Å². The predicted octanol–water partition coefficient (Wildman–Crippen LogP) is 2.74. The van der Waals surface area contributed by atoms with Gasteiger partial charge in [-0.15, -0.1) is 0 Å². The van der Waals surface area contributed by atoms with Gasteiger partial charge in [-0.3, -0.25) is 24.0 Å². The zero-order chi connectivity index (χ0) is 35.8. The van der Waals surface area contributed by atoms with Crippen LogP contribution in [0.25, 0.3) is 11.4 Å². The number of amides is 3. The molecule has 5 N–H and O–H groups in total. The lowest BCUT2D eigenvalue weighted by Crippen LogP contribution is -2.56. The van der Waals surface area contributed by atoms with E-state index in [0.29, 0.717) is 11.1 Å². The first kappa shape index (κ1) is 37.4. The van der Waals surface area contributed by atoms with Gasteiger partial charge in [-0.1, -0.05) is 60.7 Å². The Bertz CT molecular complexity index is 1580. The van der Waals surface area contributed by atoms with Gasteiger partial charge < -0.3 is 40.5 Å². The third kappa shape index (κ3) is 11.6. The van der Waals surface area contributed by atoms with Gasteiger partial charge >= 0.3 is 18.0 Å². The van der Waals surface area contributed by atoms with E-state index in [2.05, 4.69) is 20.6 Å². The Morgan fingerprint density at radius 1 is 0.898 bits per heavy atom. The normalized spacial score (nSPS) is 13.5. The first-order valence-corrected chi connectivity index (χ1v) is 15.3. The summed E-state index contributed by atoms with van der Waals surface area (Å²) in [6.07, 6.45) is -1.30. The van der Waals surface area contributed by atoms with Crippen molar-refractivity contribution in [2.75, 3.05) is 38.1 Å². The third-order valence-electron chi connectivity index (χ3n) is 7.26. The molecule has 16 nitrogen and oxygen atoms in total. The standard InChI is InChI=1S/C32H36N6O8.CH2O2/c1-2-46-32(45)38-17-15-37(16-18-38)31(44)23(13-14-27(39)40)35-30(43)25-19-26(36-29(34-25)22-11-7-4-8-12-22)33-24(20-28(41)42)21-9-5-3-6-10-21;2-1-3/h3-12,19,23-24H,2,13-18,20H2,1H3,(H,35,43)(H,39,40)(H,41,42)(H,33,34,36);1H,(H,2,3)/t23-,24+;/m0./s1. The minimum atomic E-state index is -1.19. The second kappa shape index (κ2) is 18.9. The fourth-order valence-corrected chi connectivity index (χ4v) is 4.95. The fourth-order valence-electron chi connectivity index (χ4n) is 4.95. The van der Waals surface area contributed by atoms with Crippen LogP contribution in [0, 0.1) is 0 Å². The summed E-state index contributed by atoms with van der Waals surface area (Å²) in [4.78, 5) is 82.7. The van der Waals surface area contributed by atoms with E-state index in [9.17, 15) is 34.2 Å². The molecule has 0 saturated carbocycles. The number of carboxylic acid groups (broad SMARTS) is 3. The number of carbonyl (C=O) groups is 6. The maximum atomic E-state index is 13.7. The van der Waals surface area contributed by atoms with E-state index in [1.54, 1.807) is 55.5 Å². The monoisotopic (exact) mass is 678 g/mol. The van der Waals surface area contributed by atoms with Gasteiger partial charge in [-0.05, 0) is 18.9 Å². The largest absolute Gasteiger partial charge is 0.483 e. The average Bonchev–Trinajstić information content (AvgIpc) is 3.10. The quantitative estimate of drug-likeness (QED) is 0.164. The molecule has 260 valence electrons. The highest BCUT2D eigenvalue weighted by atomic mass is 16.6. The maximum absolute atomic E-state index is 13.7. The Morgan fingerprint density at radius 3 is 2.06 bits per heavy atom. The maximum Gasteiger partial charge on any atom is 0.409 e. The summed E-state index contributed by atoms with van der Waals surface area (Å²) in [6, 6.07) is 17.3. The highest BCUT2D eigenvalue weighted by Crippen LogP contribution is 2.25. The van der Waals surface area contributed by atoms with Crippen LogP contribution in [-0.4, -0.2) is 110 Å². The topological polar surface area (TPSA) is 229 Å². The van der Waals surface area contributed by atoms with Crippen molar-refractivity contribution in [3.05, 3.63) is 78.0 Å². The van der Waals surface area contributed by atoms with Crippen LogP contribution in [0.5, 0.6) is 0 Å². The molecule has 1 saturated heterocycles. The number of hydrogen-bond acceptors (Lipinski definition) is 10. The number of piperazine rings is 1. The molecule has 0 radical (unpaired) electrons. The van der Waals surface area contributed by atoms with Gasteiger partial charge in [0.1, 0.15) is 17.6 Å². The number of anilines is 1. The number of aliphatic carboxylic acids is 2. The molecule has 0 bridgehead atoms. The predicted molar refractivity (Wildman–Crippen MR) is 175 cm³/mol. The van der Waals surface area contributed by atoms with Crippen molar-refractivity contribution in [1.29, 1.82) is 0 Å². The van der Waals surface area contributed by atoms with Crippen molar-refractivity contribution in [1.82, 2.24) is 25.1 Å². The number of nitrogens with zero attached hydrogens (tertiary/aromatic N) is 4. The summed E-state index contributed by atoms with van der Waals surface area (Å²) in [5.74, 6) is -3.05. The number of carboxylic acids is 2. The van der Waals surface area contributed by atoms with Crippen LogP contribution in [0.15, 0.2) is 66.7 Å². The van der Waals surface area contributed by atoms with E-state index in [0.717, 1.165) is 0 Å². The lowest BCUT2D eigenvalue weighted by atomic mass is 10.0. The molecule has 3 amide bonds. The second-order valence-electron chi connectivity index (χ2n) is 10.6.